The first-order valence-corrected chi connectivity index (χ1v) is 8.87. The molecule has 2 N–H and O–H groups in total. The summed E-state index contributed by atoms with van der Waals surface area (Å²) in [6, 6.07) is 9.55. The molecule has 7 heteroatoms. The summed E-state index contributed by atoms with van der Waals surface area (Å²) in [6.07, 6.45) is 0.473. The predicted molar refractivity (Wildman–Crippen MR) is 90.0 cm³/mol. The van der Waals surface area contributed by atoms with Crippen molar-refractivity contribution in [2.45, 2.75) is 25.4 Å². The average molecular weight is 332 g/mol. The molecule has 23 heavy (non-hydrogen) atoms. The number of carbonyl (C=O) groups is 1. The van der Waals surface area contributed by atoms with Gasteiger partial charge in [-0.05, 0) is 19.1 Å². The molecular weight excluding hydrogens is 312 g/mol. The summed E-state index contributed by atoms with van der Waals surface area (Å²) in [5.74, 6) is 3.04. The smallest absolute Gasteiger partial charge is 0.257 e. The molecule has 122 valence electrons. The minimum Gasteiger partial charge on any atom is -0.346 e. The molecule has 1 fully saturated rings. The molecule has 0 radical (unpaired) electrons. The summed E-state index contributed by atoms with van der Waals surface area (Å²) in [6.45, 7) is 2.82. The molecule has 1 saturated heterocycles. The molecule has 0 bridgehead atoms. The highest BCUT2D eigenvalue weighted by Crippen LogP contribution is 2.19. The molecule has 0 saturated carbocycles. The maximum absolute atomic E-state index is 12.1. The summed E-state index contributed by atoms with van der Waals surface area (Å²) in [7, 11) is 0. The van der Waals surface area contributed by atoms with Crippen molar-refractivity contribution < 1.29 is 9.32 Å². The van der Waals surface area contributed by atoms with Gasteiger partial charge in [-0.15, -0.1) is 0 Å². The van der Waals surface area contributed by atoms with Crippen LogP contribution in [0.15, 0.2) is 34.9 Å². The maximum atomic E-state index is 12.1. The van der Waals surface area contributed by atoms with E-state index in [1.165, 1.54) is 0 Å². The van der Waals surface area contributed by atoms with Crippen molar-refractivity contribution in [1.82, 2.24) is 20.8 Å². The first kappa shape index (κ1) is 16.0. The number of carbonyl (C=O) groups excluding carboxylic acids is 1. The van der Waals surface area contributed by atoms with Gasteiger partial charge in [0.25, 0.3) is 5.89 Å². The van der Waals surface area contributed by atoms with Gasteiger partial charge >= 0.3 is 0 Å². The molecule has 1 aliphatic heterocycles. The van der Waals surface area contributed by atoms with Gasteiger partial charge in [-0.1, -0.05) is 23.4 Å². The van der Waals surface area contributed by atoms with Crippen LogP contribution in [0.25, 0.3) is 11.5 Å². The van der Waals surface area contributed by atoms with Gasteiger partial charge in [-0.2, -0.15) is 16.7 Å². The van der Waals surface area contributed by atoms with Crippen molar-refractivity contribution in [1.29, 1.82) is 0 Å². The summed E-state index contributed by atoms with van der Waals surface area (Å²) in [4.78, 5) is 16.5. The van der Waals surface area contributed by atoms with Crippen molar-refractivity contribution in [2.75, 3.05) is 18.1 Å². The second-order valence-electron chi connectivity index (χ2n) is 5.54. The maximum Gasteiger partial charge on any atom is 0.257 e. The van der Waals surface area contributed by atoms with Gasteiger partial charge in [0, 0.05) is 36.1 Å². The van der Waals surface area contributed by atoms with Gasteiger partial charge in [-0.25, -0.2) is 0 Å². The lowest BCUT2D eigenvalue weighted by Gasteiger charge is -2.23. The van der Waals surface area contributed by atoms with Crippen LogP contribution in [0.3, 0.4) is 0 Å². The van der Waals surface area contributed by atoms with Crippen LogP contribution in [0.5, 0.6) is 0 Å². The van der Waals surface area contributed by atoms with Crippen LogP contribution < -0.4 is 10.6 Å². The van der Waals surface area contributed by atoms with E-state index < -0.39 is 0 Å². The molecule has 2 aromatic rings. The third-order valence-corrected chi connectivity index (χ3v) is 4.79. The normalized spacial score (nSPS) is 19.3. The first-order chi connectivity index (χ1) is 11.2. The minimum atomic E-state index is -0.278. The van der Waals surface area contributed by atoms with Crippen molar-refractivity contribution >= 4 is 17.7 Å². The number of rotatable bonds is 5. The predicted octanol–water partition coefficient (Wildman–Crippen LogP) is 2.01. The molecule has 0 aliphatic carbocycles. The van der Waals surface area contributed by atoms with E-state index >= 15 is 0 Å². The van der Waals surface area contributed by atoms with Gasteiger partial charge in [0.2, 0.25) is 5.91 Å². The van der Waals surface area contributed by atoms with Gasteiger partial charge in [0.05, 0.1) is 6.04 Å². The fourth-order valence-corrected chi connectivity index (χ4v) is 3.40. The molecule has 2 unspecified atom stereocenters. The monoisotopic (exact) mass is 332 g/mol. The van der Waals surface area contributed by atoms with Crippen LogP contribution in [0.1, 0.15) is 25.2 Å². The molecular formula is C16H20N4O2S. The van der Waals surface area contributed by atoms with E-state index in [9.17, 15) is 4.79 Å². The molecule has 1 aliphatic rings. The molecule has 1 amide bonds. The molecule has 0 spiro atoms. The molecule has 2 heterocycles. The molecule has 1 aromatic heterocycles. The number of hydrogen-bond donors (Lipinski definition) is 2. The zero-order valence-electron chi connectivity index (χ0n) is 13.0. The Labute approximate surface area is 139 Å². The summed E-state index contributed by atoms with van der Waals surface area (Å²) in [5, 5.41) is 10.3. The van der Waals surface area contributed by atoms with Gasteiger partial charge in [0.15, 0.2) is 5.82 Å². The van der Waals surface area contributed by atoms with Crippen LogP contribution in [-0.4, -0.2) is 40.1 Å². The SMILES string of the molecule is CC(NC(=O)CC1CSCCN1)c1noc(-c2ccccc2)n1. The Morgan fingerprint density at radius 2 is 2.30 bits per heavy atom. The highest BCUT2D eigenvalue weighted by Gasteiger charge is 2.20. The quantitative estimate of drug-likeness (QED) is 0.872. The molecule has 6 nitrogen and oxygen atoms in total. The lowest BCUT2D eigenvalue weighted by Crippen LogP contribution is -2.41. The van der Waals surface area contributed by atoms with E-state index in [-0.39, 0.29) is 18.0 Å². The zero-order chi connectivity index (χ0) is 16.1. The molecule has 3 rings (SSSR count). The Kier molecular flexibility index (Phi) is 5.30. The minimum absolute atomic E-state index is 0.00330. The zero-order valence-corrected chi connectivity index (χ0v) is 13.8. The largest absolute Gasteiger partial charge is 0.346 e. The highest BCUT2D eigenvalue weighted by atomic mass is 32.2. The van der Waals surface area contributed by atoms with Crippen LogP contribution in [-0.2, 0) is 4.79 Å². The van der Waals surface area contributed by atoms with E-state index in [1.807, 2.05) is 49.0 Å². The molecule has 1 aromatic carbocycles. The Balaban J connectivity index is 1.56. The van der Waals surface area contributed by atoms with Crippen molar-refractivity contribution in [3.8, 4) is 11.5 Å². The number of amides is 1. The number of aromatic nitrogens is 2. The Morgan fingerprint density at radius 3 is 3.04 bits per heavy atom. The average Bonchev–Trinajstić information content (AvgIpc) is 3.06. The van der Waals surface area contributed by atoms with Gasteiger partial charge in [-0.3, -0.25) is 4.79 Å². The number of benzene rings is 1. The number of hydrogen-bond acceptors (Lipinski definition) is 6. The summed E-state index contributed by atoms with van der Waals surface area (Å²) >= 11 is 1.88. The second-order valence-corrected chi connectivity index (χ2v) is 6.69. The van der Waals surface area contributed by atoms with Crippen molar-refractivity contribution in [3.05, 3.63) is 36.2 Å². The number of nitrogens with zero attached hydrogens (tertiary/aromatic N) is 2. The van der Waals surface area contributed by atoms with E-state index in [0.717, 1.165) is 23.6 Å². The lowest BCUT2D eigenvalue weighted by molar-refractivity contribution is -0.122. The third-order valence-electron chi connectivity index (χ3n) is 3.66. The Morgan fingerprint density at radius 1 is 1.48 bits per heavy atom. The second kappa shape index (κ2) is 7.61. The standard InChI is InChI=1S/C16H20N4O2S/c1-11(18-14(21)9-13-10-23-8-7-17-13)15-19-16(22-20-15)12-5-3-2-4-6-12/h2-6,11,13,17H,7-10H2,1H3,(H,18,21). The fraction of sp³-hybridized carbons (Fsp3) is 0.438. The number of thioether (sulfide) groups is 1. The van der Waals surface area contributed by atoms with Crippen LogP contribution in [0.2, 0.25) is 0 Å². The van der Waals surface area contributed by atoms with Crippen LogP contribution in [0.4, 0.5) is 0 Å². The van der Waals surface area contributed by atoms with E-state index in [2.05, 4.69) is 20.8 Å². The lowest BCUT2D eigenvalue weighted by atomic mass is 10.2. The molecule has 2 atom stereocenters. The Bertz CT molecular complexity index is 641. The van der Waals surface area contributed by atoms with Crippen LogP contribution >= 0.6 is 11.8 Å². The summed E-state index contributed by atoms with van der Waals surface area (Å²) in [5.41, 5.74) is 0.869. The van der Waals surface area contributed by atoms with Gasteiger partial charge < -0.3 is 15.2 Å². The van der Waals surface area contributed by atoms with E-state index in [4.69, 9.17) is 4.52 Å². The van der Waals surface area contributed by atoms with Crippen LogP contribution in [0, 0.1) is 0 Å². The fourth-order valence-electron chi connectivity index (χ4n) is 2.45. The topological polar surface area (TPSA) is 80.0 Å². The van der Waals surface area contributed by atoms with E-state index in [0.29, 0.717) is 18.1 Å². The van der Waals surface area contributed by atoms with Gasteiger partial charge in [0.1, 0.15) is 0 Å². The number of nitrogens with one attached hydrogen (secondary N) is 2. The van der Waals surface area contributed by atoms with Crippen molar-refractivity contribution in [3.63, 3.8) is 0 Å². The van der Waals surface area contributed by atoms with Crippen molar-refractivity contribution in [2.24, 2.45) is 0 Å². The highest BCUT2D eigenvalue weighted by molar-refractivity contribution is 7.99. The van der Waals surface area contributed by atoms with E-state index in [1.54, 1.807) is 0 Å². The first-order valence-electron chi connectivity index (χ1n) is 7.72. The Hall–Kier alpha value is -1.86. The summed E-state index contributed by atoms with van der Waals surface area (Å²) < 4.78 is 5.28. The third kappa shape index (κ3) is 4.33.